The summed E-state index contributed by atoms with van der Waals surface area (Å²) >= 11 is 0. The van der Waals surface area contributed by atoms with Crippen molar-refractivity contribution in [1.29, 1.82) is 0 Å². The first kappa shape index (κ1) is 27.5. The van der Waals surface area contributed by atoms with E-state index in [0.717, 1.165) is 5.56 Å². The second kappa shape index (κ2) is 11.8. The van der Waals surface area contributed by atoms with Gasteiger partial charge >= 0.3 is 0 Å². The maximum absolute atomic E-state index is 13.7. The van der Waals surface area contributed by atoms with Crippen LogP contribution in [0.4, 0.5) is 5.69 Å². The third-order valence-electron chi connectivity index (χ3n) is 5.69. The second-order valence-corrected chi connectivity index (χ2v) is 10.1. The average molecular weight is 506 g/mol. The van der Waals surface area contributed by atoms with Crippen LogP contribution in [0.1, 0.15) is 68.3 Å². The highest BCUT2D eigenvalue weighted by atomic mass is 16.5. The van der Waals surface area contributed by atoms with Crippen LogP contribution in [0.5, 0.6) is 5.75 Å². The molecule has 0 saturated heterocycles. The minimum Gasteiger partial charge on any atom is -0.497 e. The van der Waals surface area contributed by atoms with Crippen molar-refractivity contribution in [3.8, 4) is 5.75 Å². The molecule has 1 aromatic heterocycles. The van der Waals surface area contributed by atoms with Gasteiger partial charge in [0, 0.05) is 11.2 Å². The summed E-state index contributed by atoms with van der Waals surface area (Å²) in [6.07, 6.45) is 1.38. The van der Waals surface area contributed by atoms with Crippen molar-refractivity contribution >= 4 is 23.4 Å². The molecule has 0 fully saturated rings. The third kappa shape index (κ3) is 7.22. The molecule has 8 heteroatoms. The molecule has 0 saturated carbocycles. The molecule has 2 N–H and O–H groups in total. The zero-order chi connectivity index (χ0) is 27.2. The monoisotopic (exact) mass is 505 g/mol. The Morgan fingerprint density at radius 2 is 1.57 bits per heavy atom. The van der Waals surface area contributed by atoms with E-state index in [2.05, 4.69) is 24.5 Å². The molecule has 3 aromatic rings. The maximum atomic E-state index is 13.7. The van der Waals surface area contributed by atoms with Crippen molar-refractivity contribution in [3.63, 3.8) is 0 Å². The molecule has 1 heterocycles. The standard InChI is InChI=1S/C29H35N3O5/c1-19(2)20-9-11-21(12-10-20)26(28(35)31-29(3,4)5)32(22-13-15-23(36-6)16-14-22)25(33)18-30-27(34)24-8-7-17-37-24/h7-17,19,26H,18H2,1-6H3,(H,30,34)(H,31,35). The molecule has 0 aliphatic carbocycles. The zero-order valence-corrected chi connectivity index (χ0v) is 22.2. The van der Waals surface area contributed by atoms with Crippen LogP contribution in [0.3, 0.4) is 0 Å². The van der Waals surface area contributed by atoms with Crippen molar-refractivity contribution in [2.45, 2.75) is 52.1 Å². The summed E-state index contributed by atoms with van der Waals surface area (Å²) in [6.45, 7) is 9.49. The van der Waals surface area contributed by atoms with E-state index in [4.69, 9.17) is 9.15 Å². The summed E-state index contributed by atoms with van der Waals surface area (Å²) in [5.74, 6) is -0.315. The van der Waals surface area contributed by atoms with E-state index in [1.807, 2.05) is 45.0 Å². The van der Waals surface area contributed by atoms with Crippen LogP contribution in [0.25, 0.3) is 0 Å². The number of amides is 3. The predicted octanol–water partition coefficient (Wildman–Crippen LogP) is 4.83. The molecule has 0 bridgehead atoms. The second-order valence-electron chi connectivity index (χ2n) is 10.1. The topological polar surface area (TPSA) is 101 Å². The molecule has 1 atom stereocenters. The van der Waals surface area contributed by atoms with Crippen LogP contribution < -0.4 is 20.3 Å². The average Bonchev–Trinajstić information content (AvgIpc) is 3.40. The highest BCUT2D eigenvalue weighted by Crippen LogP contribution is 2.31. The lowest BCUT2D eigenvalue weighted by Gasteiger charge is -2.34. The molecule has 37 heavy (non-hydrogen) atoms. The fourth-order valence-corrected chi connectivity index (χ4v) is 3.83. The number of hydrogen-bond donors (Lipinski definition) is 2. The number of hydrogen-bond acceptors (Lipinski definition) is 5. The van der Waals surface area contributed by atoms with Gasteiger partial charge in [-0.05, 0) is 74.2 Å². The number of nitrogens with one attached hydrogen (secondary N) is 2. The van der Waals surface area contributed by atoms with Crippen molar-refractivity contribution in [1.82, 2.24) is 10.6 Å². The van der Waals surface area contributed by atoms with E-state index in [1.165, 1.54) is 17.2 Å². The number of benzene rings is 2. The molecule has 8 nitrogen and oxygen atoms in total. The lowest BCUT2D eigenvalue weighted by molar-refractivity contribution is -0.127. The molecule has 0 aliphatic rings. The van der Waals surface area contributed by atoms with E-state index in [9.17, 15) is 14.4 Å². The summed E-state index contributed by atoms with van der Waals surface area (Å²) < 4.78 is 10.4. The van der Waals surface area contributed by atoms with Gasteiger partial charge in [0.1, 0.15) is 11.8 Å². The Morgan fingerprint density at radius 3 is 2.08 bits per heavy atom. The molecular weight excluding hydrogens is 470 g/mol. The van der Waals surface area contributed by atoms with Crippen molar-refractivity contribution in [2.75, 3.05) is 18.6 Å². The summed E-state index contributed by atoms with van der Waals surface area (Å²) in [6, 6.07) is 16.7. The predicted molar refractivity (Wildman–Crippen MR) is 143 cm³/mol. The Kier molecular flexibility index (Phi) is 8.76. The molecule has 3 rings (SSSR count). The smallest absolute Gasteiger partial charge is 0.287 e. The van der Waals surface area contributed by atoms with Gasteiger partial charge in [0.25, 0.3) is 5.91 Å². The van der Waals surface area contributed by atoms with Gasteiger partial charge < -0.3 is 19.8 Å². The minimum atomic E-state index is -0.984. The first-order valence-electron chi connectivity index (χ1n) is 12.2. The lowest BCUT2D eigenvalue weighted by atomic mass is 9.96. The van der Waals surface area contributed by atoms with Crippen molar-refractivity contribution < 1.29 is 23.5 Å². The molecular formula is C29H35N3O5. The molecule has 196 valence electrons. The number of carbonyl (C=O) groups excluding carboxylic acids is 3. The van der Waals surface area contributed by atoms with Gasteiger partial charge in [-0.25, -0.2) is 0 Å². The van der Waals surface area contributed by atoms with E-state index in [-0.39, 0.29) is 18.2 Å². The van der Waals surface area contributed by atoms with Crippen molar-refractivity contribution in [2.24, 2.45) is 0 Å². The van der Waals surface area contributed by atoms with Gasteiger partial charge in [0.15, 0.2) is 5.76 Å². The summed E-state index contributed by atoms with van der Waals surface area (Å²) in [7, 11) is 1.55. The quantitative estimate of drug-likeness (QED) is 0.434. The number of rotatable bonds is 9. The zero-order valence-electron chi connectivity index (χ0n) is 22.2. The SMILES string of the molecule is COc1ccc(N(C(=O)CNC(=O)c2ccco2)C(C(=O)NC(C)(C)C)c2ccc(C(C)C)cc2)cc1. The van der Waals surface area contributed by atoms with E-state index in [0.29, 0.717) is 22.9 Å². The third-order valence-corrected chi connectivity index (χ3v) is 5.69. The Bertz CT molecular complexity index is 1190. The number of anilines is 1. The highest BCUT2D eigenvalue weighted by molar-refractivity contribution is 6.04. The fraction of sp³-hybridized carbons (Fsp3) is 0.345. The highest BCUT2D eigenvalue weighted by Gasteiger charge is 2.34. The van der Waals surface area contributed by atoms with E-state index >= 15 is 0 Å². The number of furan rings is 1. The summed E-state index contributed by atoms with van der Waals surface area (Å²) in [4.78, 5) is 41.3. The largest absolute Gasteiger partial charge is 0.497 e. The van der Waals surface area contributed by atoms with Crippen LogP contribution in [0.15, 0.2) is 71.3 Å². The van der Waals surface area contributed by atoms with Crippen LogP contribution in [0.2, 0.25) is 0 Å². The molecule has 0 aliphatic heterocycles. The lowest BCUT2D eigenvalue weighted by Crippen LogP contribution is -2.51. The summed E-state index contributed by atoms with van der Waals surface area (Å²) in [5.41, 5.74) is 1.72. The van der Waals surface area contributed by atoms with Crippen molar-refractivity contribution in [3.05, 3.63) is 83.8 Å². The Morgan fingerprint density at radius 1 is 0.946 bits per heavy atom. The molecule has 1 unspecified atom stereocenters. The van der Waals surface area contributed by atoms with Gasteiger partial charge in [-0.3, -0.25) is 19.3 Å². The number of carbonyl (C=O) groups is 3. The van der Waals surface area contributed by atoms with Gasteiger partial charge in [-0.1, -0.05) is 38.1 Å². The molecule has 0 spiro atoms. The molecule has 0 radical (unpaired) electrons. The summed E-state index contributed by atoms with van der Waals surface area (Å²) in [5, 5.41) is 5.61. The fourth-order valence-electron chi connectivity index (χ4n) is 3.83. The van der Waals surface area contributed by atoms with Crippen LogP contribution in [-0.4, -0.2) is 36.9 Å². The number of nitrogens with zero attached hydrogens (tertiary/aromatic N) is 1. The molecule has 2 aromatic carbocycles. The first-order chi connectivity index (χ1) is 17.5. The van der Waals surface area contributed by atoms with Crippen LogP contribution in [-0.2, 0) is 9.59 Å². The molecule has 3 amide bonds. The van der Waals surface area contributed by atoms with Gasteiger partial charge in [-0.2, -0.15) is 0 Å². The van der Waals surface area contributed by atoms with Crippen LogP contribution >= 0.6 is 0 Å². The van der Waals surface area contributed by atoms with Crippen LogP contribution in [0, 0.1) is 0 Å². The first-order valence-corrected chi connectivity index (χ1v) is 12.2. The van der Waals surface area contributed by atoms with E-state index in [1.54, 1.807) is 37.4 Å². The Balaban J connectivity index is 2.04. The number of methoxy groups -OCH3 is 1. The number of ether oxygens (including phenoxy) is 1. The maximum Gasteiger partial charge on any atom is 0.287 e. The van der Waals surface area contributed by atoms with E-state index < -0.39 is 23.4 Å². The normalized spacial score (nSPS) is 12.1. The van der Waals surface area contributed by atoms with Gasteiger partial charge in [0.2, 0.25) is 11.8 Å². The Labute approximate surface area is 218 Å². The Hall–Kier alpha value is -4.07. The minimum absolute atomic E-state index is 0.0927. The van der Waals surface area contributed by atoms with Gasteiger partial charge in [-0.15, -0.1) is 0 Å². The van der Waals surface area contributed by atoms with Gasteiger partial charge in [0.05, 0.1) is 19.9 Å².